The Hall–Kier alpha value is -1.14. The molecule has 2 aliphatic heterocycles. The van der Waals surface area contributed by atoms with Gasteiger partial charge in [-0.05, 0) is 27.2 Å². The fourth-order valence-electron chi connectivity index (χ4n) is 3.27. The highest BCUT2D eigenvalue weighted by Crippen LogP contribution is 2.28. The predicted molar refractivity (Wildman–Crippen MR) is 75.4 cm³/mol. The number of likely N-dealkylation sites (tertiary alicyclic amines) is 1. The van der Waals surface area contributed by atoms with Crippen molar-refractivity contribution in [1.82, 2.24) is 15.1 Å². The summed E-state index contributed by atoms with van der Waals surface area (Å²) < 4.78 is 0. The summed E-state index contributed by atoms with van der Waals surface area (Å²) in [6, 6.07) is -0.220. The highest BCUT2D eigenvalue weighted by atomic mass is 16.4. The number of aliphatic carboxylic acids is 1. The zero-order valence-corrected chi connectivity index (χ0v) is 12.6. The number of hydrogen-bond acceptors (Lipinski definition) is 4. The molecule has 2 heterocycles. The van der Waals surface area contributed by atoms with Crippen LogP contribution in [0.2, 0.25) is 0 Å². The van der Waals surface area contributed by atoms with Gasteiger partial charge in [0.25, 0.3) is 0 Å². The van der Waals surface area contributed by atoms with Gasteiger partial charge in [-0.25, -0.2) is 0 Å². The molecule has 0 aromatic rings. The Balaban J connectivity index is 2.08. The Morgan fingerprint density at radius 1 is 1.20 bits per heavy atom. The van der Waals surface area contributed by atoms with Gasteiger partial charge in [-0.2, -0.15) is 0 Å². The van der Waals surface area contributed by atoms with Crippen molar-refractivity contribution in [3.8, 4) is 0 Å². The maximum Gasteiger partial charge on any atom is 0.308 e. The van der Waals surface area contributed by atoms with Crippen molar-refractivity contribution in [2.24, 2.45) is 5.92 Å². The van der Waals surface area contributed by atoms with E-state index in [1.54, 1.807) is 4.90 Å². The van der Waals surface area contributed by atoms with Crippen molar-refractivity contribution in [1.29, 1.82) is 0 Å². The monoisotopic (exact) mass is 283 g/mol. The molecule has 2 aliphatic rings. The minimum atomic E-state index is -0.798. The lowest BCUT2D eigenvalue weighted by Crippen LogP contribution is -2.61. The van der Waals surface area contributed by atoms with Gasteiger partial charge in [0, 0.05) is 38.8 Å². The molecule has 2 atom stereocenters. The van der Waals surface area contributed by atoms with E-state index in [0.29, 0.717) is 13.0 Å². The summed E-state index contributed by atoms with van der Waals surface area (Å²) in [6.45, 7) is 9.77. The van der Waals surface area contributed by atoms with E-state index >= 15 is 0 Å². The topological polar surface area (TPSA) is 72.9 Å². The maximum atomic E-state index is 12.8. The first-order valence-corrected chi connectivity index (χ1v) is 7.35. The zero-order chi connectivity index (χ0) is 14.9. The molecule has 2 fully saturated rings. The Morgan fingerprint density at radius 3 is 2.30 bits per heavy atom. The Kier molecular flexibility index (Phi) is 4.34. The van der Waals surface area contributed by atoms with E-state index in [0.717, 1.165) is 26.2 Å². The van der Waals surface area contributed by atoms with E-state index in [4.69, 9.17) is 0 Å². The van der Waals surface area contributed by atoms with E-state index in [1.807, 2.05) is 20.8 Å². The van der Waals surface area contributed by atoms with Gasteiger partial charge in [-0.15, -0.1) is 0 Å². The molecule has 0 radical (unpaired) electrons. The van der Waals surface area contributed by atoms with Gasteiger partial charge in [0.05, 0.1) is 11.5 Å². The Bertz CT molecular complexity index is 391. The molecule has 0 saturated carbocycles. The minimum absolute atomic E-state index is 0.0515. The van der Waals surface area contributed by atoms with Crippen molar-refractivity contribution in [2.75, 3.05) is 32.7 Å². The van der Waals surface area contributed by atoms with Crippen LogP contribution in [0.3, 0.4) is 0 Å². The second kappa shape index (κ2) is 5.69. The molecular formula is C14H25N3O3. The first-order chi connectivity index (χ1) is 9.35. The predicted octanol–water partition coefficient (Wildman–Crippen LogP) is -0.00820. The number of nitrogens with one attached hydrogen (secondary N) is 1. The molecule has 6 nitrogen and oxygen atoms in total. The summed E-state index contributed by atoms with van der Waals surface area (Å²) in [5.41, 5.74) is -0.566. The number of carbonyl (C=O) groups excluding carboxylic acids is 1. The van der Waals surface area contributed by atoms with Gasteiger partial charge >= 0.3 is 5.97 Å². The van der Waals surface area contributed by atoms with Gasteiger partial charge in [0.1, 0.15) is 0 Å². The number of amides is 1. The van der Waals surface area contributed by atoms with Crippen molar-refractivity contribution < 1.29 is 14.7 Å². The molecule has 6 heteroatoms. The molecule has 0 bridgehead atoms. The quantitative estimate of drug-likeness (QED) is 0.762. The molecule has 0 spiro atoms. The molecule has 114 valence electrons. The summed E-state index contributed by atoms with van der Waals surface area (Å²) in [4.78, 5) is 27.9. The third-order valence-corrected chi connectivity index (χ3v) is 4.76. The highest BCUT2D eigenvalue weighted by molar-refractivity contribution is 5.87. The zero-order valence-electron chi connectivity index (χ0n) is 12.6. The van der Waals surface area contributed by atoms with Crippen LogP contribution in [0.1, 0.15) is 27.2 Å². The number of carboxylic acid groups (broad SMARTS) is 1. The molecule has 0 aromatic carbocycles. The summed E-state index contributed by atoms with van der Waals surface area (Å²) >= 11 is 0. The van der Waals surface area contributed by atoms with E-state index in [1.165, 1.54) is 0 Å². The van der Waals surface area contributed by atoms with Crippen molar-refractivity contribution in [2.45, 2.75) is 38.8 Å². The van der Waals surface area contributed by atoms with Gasteiger partial charge in [0.2, 0.25) is 5.91 Å². The molecule has 0 aromatic heterocycles. The van der Waals surface area contributed by atoms with Crippen molar-refractivity contribution in [3.05, 3.63) is 0 Å². The minimum Gasteiger partial charge on any atom is -0.481 e. The SMILES string of the molecule is CC1C(C(=O)O)CCN1C(=O)C(C)(C)N1CCNCC1. The lowest BCUT2D eigenvalue weighted by Gasteiger charge is -2.42. The third kappa shape index (κ3) is 2.67. The average Bonchev–Trinajstić information content (AvgIpc) is 2.80. The molecular weight excluding hydrogens is 258 g/mol. The molecule has 1 amide bonds. The molecule has 20 heavy (non-hydrogen) atoms. The Labute approximate surface area is 120 Å². The second-order valence-corrected chi connectivity index (χ2v) is 6.27. The number of carbonyl (C=O) groups is 2. The smallest absolute Gasteiger partial charge is 0.308 e. The second-order valence-electron chi connectivity index (χ2n) is 6.27. The normalized spacial score (nSPS) is 28.6. The molecule has 2 saturated heterocycles. The van der Waals surface area contributed by atoms with Gasteiger partial charge in [0.15, 0.2) is 0 Å². The fourth-order valence-corrected chi connectivity index (χ4v) is 3.27. The van der Waals surface area contributed by atoms with Crippen LogP contribution in [0.5, 0.6) is 0 Å². The van der Waals surface area contributed by atoms with Crippen LogP contribution in [0, 0.1) is 5.92 Å². The first kappa shape index (κ1) is 15.3. The largest absolute Gasteiger partial charge is 0.481 e. The lowest BCUT2D eigenvalue weighted by atomic mass is 9.97. The molecule has 2 N–H and O–H groups in total. The van der Waals surface area contributed by atoms with Crippen LogP contribution in [0.4, 0.5) is 0 Å². The van der Waals surface area contributed by atoms with Gasteiger partial charge in [-0.3, -0.25) is 14.5 Å². The molecule has 2 rings (SSSR count). The summed E-state index contributed by atoms with van der Waals surface area (Å²) in [6.07, 6.45) is 0.555. The Morgan fingerprint density at radius 2 is 1.80 bits per heavy atom. The number of rotatable bonds is 3. The van der Waals surface area contributed by atoms with E-state index in [2.05, 4.69) is 10.2 Å². The van der Waals surface area contributed by atoms with Crippen LogP contribution in [-0.2, 0) is 9.59 Å². The van der Waals surface area contributed by atoms with Crippen LogP contribution >= 0.6 is 0 Å². The van der Waals surface area contributed by atoms with Crippen LogP contribution in [-0.4, -0.2) is 71.1 Å². The lowest BCUT2D eigenvalue weighted by molar-refractivity contribution is -0.146. The van der Waals surface area contributed by atoms with Gasteiger partial charge in [-0.1, -0.05) is 0 Å². The van der Waals surface area contributed by atoms with Gasteiger partial charge < -0.3 is 15.3 Å². The summed E-state index contributed by atoms with van der Waals surface area (Å²) in [7, 11) is 0. The summed E-state index contributed by atoms with van der Waals surface area (Å²) in [5.74, 6) is -1.18. The molecule has 2 unspecified atom stereocenters. The van der Waals surface area contributed by atoms with E-state index in [9.17, 15) is 14.7 Å². The number of hydrogen-bond donors (Lipinski definition) is 2. The van der Waals surface area contributed by atoms with Crippen molar-refractivity contribution >= 4 is 11.9 Å². The number of piperazine rings is 1. The van der Waals surface area contributed by atoms with Crippen LogP contribution in [0.15, 0.2) is 0 Å². The van der Waals surface area contributed by atoms with Crippen molar-refractivity contribution in [3.63, 3.8) is 0 Å². The number of carboxylic acids is 1. The average molecular weight is 283 g/mol. The third-order valence-electron chi connectivity index (χ3n) is 4.76. The molecule has 0 aliphatic carbocycles. The summed E-state index contributed by atoms with van der Waals surface area (Å²) in [5, 5.41) is 12.5. The number of nitrogens with zero attached hydrogens (tertiary/aromatic N) is 2. The van der Waals surface area contributed by atoms with Crippen LogP contribution in [0.25, 0.3) is 0 Å². The van der Waals surface area contributed by atoms with Crippen LogP contribution < -0.4 is 5.32 Å². The maximum absolute atomic E-state index is 12.8. The standard InChI is InChI=1S/C14H25N3O3/c1-10-11(12(18)19)4-7-17(10)13(20)14(2,3)16-8-5-15-6-9-16/h10-11,15H,4-9H2,1-3H3,(H,18,19). The van der Waals surface area contributed by atoms with E-state index in [-0.39, 0.29) is 11.9 Å². The first-order valence-electron chi connectivity index (χ1n) is 7.35. The fraction of sp³-hybridized carbons (Fsp3) is 0.857. The highest BCUT2D eigenvalue weighted by Gasteiger charge is 2.45. The van der Waals surface area contributed by atoms with E-state index < -0.39 is 17.4 Å².